The molecule has 5 fully saturated rings. The molecule has 4 atom stereocenters. The lowest BCUT2D eigenvalue weighted by atomic mass is 9.45. The second kappa shape index (κ2) is 7.65. The van der Waals surface area contributed by atoms with Crippen LogP contribution in [0.25, 0.3) is 0 Å². The SMILES string of the molecule is CN(C)C(=O)c1cccnc1N[C@@H]1CCN(C(=O)O[C@@H]2C3C[C@H](O)CC4(C3)CC2C4)C1. The minimum absolute atomic E-state index is 0.0235. The lowest BCUT2D eigenvalue weighted by Crippen LogP contribution is -2.59. The summed E-state index contributed by atoms with van der Waals surface area (Å²) in [5.41, 5.74) is 0.850. The molecule has 4 aliphatic carbocycles. The molecule has 4 saturated carbocycles. The Labute approximate surface area is 182 Å². The molecule has 1 aliphatic heterocycles. The van der Waals surface area contributed by atoms with E-state index in [4.69, 9.17) is 4.74 Å². The molecule has 1 saturated heterocycles. The number of ether oxygens (including phenoxy) is 1. The zero-order valence-electron chi connectivity index (χ0n) is 18.3. The molecule has 5 aliphatic rings. The van der Waals surface area contributed by atoms with Crippen molar-refractivity contribution >= 4 is 17.8 Å². The van der Waals surface area contributed by atoms with Crippen LogP contribution < -0.4 is 5.32 Å². The average Bonchev–Trinajstić information content (AvgIpc) is 3.17. The number of hydrogen-bond acceptors (Lipinski definition) is 6. The molecular formula is C23H32N4O4. The molecule has 168 valence electrons. The van der Waals surface area contributed by atoms with Gasteiger partial charge in [0.1, 0.15) is 11.9 Å². The van der Waals surface area contributed by atoms with Crippen LogP contribution in [0, 0.1) is 17.3 Å². The first-order valence-electron chi connectivity index (χ1n) is 11.4. The molecule has 1 aromatic heterocycles. The number of hydrogen-bond donors (Lipinski definition) is 2. The molecule has 1 spiro atoms. The zero-order valence-corrected chi connectivity index (χ0v) is 18.3. The highest BCUT2D eigenvalue weighted by atomic mass is 16.6. The van der Waals surface area contributed by atoms with Crippen molar-refractivity contribution < 1.29 is 19.4 Å². The van der Waals surface area contributed by atoms with E-state index in [1.165, 1.54) is 4.90 Å². The van der Waals surface area contributed by atoms with Gasteiger partial charge in [0, 0.05) is 39.4 Å². The Hall–Kier alpha value is -2.35. The summed E-state index contributed by atoms with van der Waals surface area (Å²) in [7, 11) is 3.43. The highest BCUT2D eigenvalue weighted by Crippen LogP contribution is 2.64. The number of aliphatic hydroxyl groups excluding tert-OH is 1. The van der Waals surface area contributed by atoms with Crippen molar-refractivity contribution in [1.29, 1.82) is 0 Å². The van der Waals surface area contributed by atoms with Crippen molar-refractivity contribution in [3.8, 4) is 0 Å². The Balaban J connectivity index is 1.19. The zero-order chi connectivity index (χ0) is 21.8. The van der Waals surface area contributed by atoms with Gasteiger partial charge >= 0.3 is 6.09 Å². The van der Waals surface area contributed by atoms with Crippen LogP contribution in [0.2, 0.25) is 0 Å². The van der Waals surface area contributed by atoms with Gasteiger partial charge in [0.15, 0.2) is 0 Å². The number of amides is 2. The normalized spacial score (nSPS) is 35.8. The fraction of sp³-hybridized carbons (Fsp3) is 0.696. The molecule has 2 heterocycles. The number of carbonyl (C=O) groups is 2. The van der Waals surface area contributed by atoms with Crippen molar-refractivity contribution in [3.63, 3.8) is 0 Å². The van der Waals surface area contributed by atoms with Gasteiger partial charge in [0.25, 0.3) is 5.91 Å². The second-order valence-electron chi connectivity index (χ2n) is 10.2. The van der Waals surface area contributed by atoms with E-state index >= 15 is 0 Å². The third-order valence-electron chi connectivity index (χ3n) is 7.73. The summed E-state index contributed by atoms with van der Waals surface area (Å²) >= 11 is 0. The number of likely N-dealkylation sites (tertiary alicyclic amines) is 1. The van der Waals surface area contributed by atoms with Crippen LogP contribution in [0.5, 0.6) is 0 Å². The Morgan fingerprint density at radius 1 is 1.26 bits per heavy atom. The van der Waals surface area contributed by atoms with Gasteiger partial charge < -0.3 is 25.0 Å². The van der Waals surface area contributed by atoms with Crippen molar-refractivity contribution in [2.24, 2.45) is 17.3 Å². The van der Waals surface area contributed by atoms with Crippen LogP contribution in [0.15, 0.2) is 18.3 Å². The van der Waals surface area contributed by atoms with Gasteiger partial charge in [-0.25, -0.2) is 9.78 Å². The third-order valence-corrected chi connectivity index (χ3v) is 7.73. The fourth-order valence-corrected chi connectivity index (χ4v) is 6.46. The smallest absolute Gasteiger partial charge is 0.410 e. The molecular weight excluding hydrogens is 396 g/mol. The maximum atomic E-state index is 12.9. The van der Waals surface area contributed by atoms with Gasteiger partial charge in [-0.3, -0.25) is 4.79 Å². The minimum atomic E-state index is -0.251. The largest absolute Gasteiger partial charge is 0.446 e. The number of nitrogens with one attached hydrogen (secondary N) is 1. The number of pyridine rings is 1. The van der Waals surface area contributed by atoms with Crippen LogP contribution in [0.4, 0.5) is 10.6 Å². The number of carbonyl (C=O) groups excluding carboxylic acids is 2. The lowest BCUT2D eigenvalue weighted by Gasteiger charge is -2.62. The molecule has 2 amide bonds. The predicted molar refractivity (Wildman–Crippen MR) is 115 cm³/mol. The van der Waals surface area contributed by atoms with E-state index in [0.717, 1.165) is 38.5 Å². The molecule has 2 N–H and O–H groups in total. The van der Waals surface area contributed by atoms with Gasteiger partial charge in [0.2, 0.25) is 0 Å². The summed E-state index contributed by atoms with van der Waals surface area (Å²) in [6.45, 7) is 1.15. The molecule has 3 bridgehead atoms. The van der Waals surface area contributed by atoms with Gasteiger partial charge in [-0.1, -0.05) is 0 Å². The van der Waals surface area contributed by atoms with E-state index < -0.39 is 0 Å². The molecule has 8 nitrogen and oxygen atoms in total. The van der Waals surface area contributed by atoms with Crippen LogP contribution in [-0.2, 0) is 4.74 Å². The minimum Gasteiger partial charge on any atom is -0.446 e. The number of nitrogens with zero attached hydrogens (tertiary/aromatic N) is 3. The van der Waals surface area contributed by atoms with E-state index in [9.17, 15) is 14.7 Å². The van der Waals surface area contributed by atoms with E-state index in [2.05, 4.69) is 10.3 Å². The summed E-state index contributed by atoms with van der Waals surface area (Å²) in [4.78, 5) is 33.0. The Kier molecular flexibility index (Phi) is 5.07. The van der Waals surface area contributed by atoms with Crippen molar-refractivity contribution in [3.05, 3.63) is 23.9 Å². The Bertz CT molecular complexity index is 869. The quantitative estimate of drug-likeness (QED) is 0.764. The number of aliphatic hydroxyl groups is 1. The van der Waals surface area contributed by atoms with Gasteiger partial charge in [0.05, 0.1) is 11.7 Å². The van der Waals surface area contributed by atoms with Crippen molar-refractivity contribution in [2.45, 2.75) is 56.8 Å². The van der Waals surface area contributed by atoms with Gasteiger partial charge in [-0.15, -0.1) is 0 Å². The van der Waals surface area contributed by atoms with E-state index in [0.29, 0.717) is 41.7 Å². The summed E-state index contributed by atoms with van der Waals surface area (Å²) in [5, 5.41) is 13.6. The second-order valence-corrected chi connectivity index (χ2v) is 10.2. The van der Waals surface area contributed by atoms with E-state index in [1.807, 2.05) is 0 Å². The molecule has 0 aromatic carbocycles. The fourth-order valence-electron chi connectivity index (χ4n) is 6.46. The number of anilines is 1. The average molecular weight is 429 g/mol. The standard InChI is InChI=1S/C23H32N4O4/c1-26(2)21(29)18-4-3-6-24-20(18)25-16-5-7-27(13-16)22(30)31-19-14-8-17(28)12-23(9-14)10-15(19)11-23/h3-4,6,14-17,19,28H,5,7-13H2,1-2H3,(H,24,25)/t14?,15?,16-,17+,19-,23?/m1/s1. The first-order chi connectivity index (χ1) is 14.8. The highest BCUT2D eigenvalue weighted by Gasteiger charge is 2.60. The topological polar surface area (TPSA) is 95.0 Å². The predicted octanol–water partition coefficient (Wildman–Crippen LogP) is 2.35. The first-order valence-corrected chi connectivity index (χ1v) is 11.4. The molecule has 8 heteroatoms. The molecule has 1 aromatic rings. The molecule has 6 rings (SSSR count). The van der Waals surface area contributed by atoms with Gasteiger partial charge in [-0.2, -0.15) is 0 Å². The van der Waals surface area contributed by atoms with Crippen molar-refractivity contribution in [2.75, 3.05) is 32.5 Å². The lowest BCUT2D eigenvalue weighted by molar-refractivity contribution is -0.182. The van der Waals surface area contributed by atoms with Crippen LogP contribution in [0.1, 0.15) is 48.9 Å². The first kappa shape index (κ1) is 20.5. The molecule has 1 unspecified atom stereocenters. The molecule has 0 radical (unpaired) electrons. The monoisotopic (exact) mass is 428 g/mol. The van der Waals surface area contributed by atoms with E-state index in [-0.39, 0.29) is 30.3 Å². The van der Waals surface area contributed by atoms with Crippen molar-refractivity contribution in [1.82, 2.24) is 14.8 Å². The summed E-state index contributed by atoms with van der Waals surface area (Å²) < 4.78 is 6.02. The third kappa shape index (κ3) is 3.75. The van der Waals surface area contributed by atoms with Crippen LogP contribution in [0.3, 0.4) is 0 Å². The number of rotatable bonds is 4. The maximum Gasteiger partial charge on any atom is 0.410 e. The Morgan fingerprint density at radius 2 is 2.03 bits per heavy atom. The maximum absolute atomic E-state index is 12.9. The summed E-state index contributed by atoms with van der Waals surface area (Å²) in [5.74, 6) is 1.20. The van der Waals surface area contributed by atoms with Crippen LogP contribution >= 0.6 is 0 Å². The Morgan fingerprint density at radius 3 is 2.81 bits per heavy atom. The van der Waals surface area contributed by atoms with Gasteiger partial charge in [-0.05, 0) is 67.9 Å². The summed E-state index contributed by atoms with van der Waals surface area (Å²) in [6.07, 6.45) is 6.82. The highest BCUT2D eigenvalue weighted by molar-refractivity contribution is 5.98. The number of aromatic nitrogens is 1. The summed E-state index contributed by atoms with van der Waals surface area (Å²) in [6, 6.07) is 3.54. The van der Waals surface area contributed by atoms with Crippen LogP contribution in [-0.4, -0.2) is 77.3 Å². The van der Waals surface area contributed by atoms with E-state index in [1.54, 1.807) is 37.3 Å². The molecule has 31 heavy (non-hydrogen) atoms.